The number of hydrogen-bond donors (Lipinski definition) is 1. The van der Waals surface area contributed by atoms with Crippen molar-refractivity contribution in [2.75, 3.05) is 23.9 Å². The van der Waals surface area contributed by atoms with Crippen LogP contribution in [0.5, 0.6) is 11.5 Å². The summed E-state index contributed by atoms with van der Waals surface area (Å²) >= 11 is 0. The van der Waals surface area contributed by atoms with E-state index in [1.165, 1.54) is 23.1 Å². The largest absolute Gasteiger partial charge is 0.454 e. The lowest BCUT2D eigenvalue weighted by Gasteiger charge is -2.34. The van der Waals surface area contributed by atoms with Crippen LogP contribution >= 0.6 is 0 Å². The first-order valence-corrected chi connectivity index (χ1v) is 15.8. The lowest BCUT2D eigenvalue weighted by molar-refractivity contribution is -0.140. The van der Waals surface area contributed by atoms with E-state index in [9.17, 15) is 22.4 Å². The van der Waals surface area contributed by atoms with Crippen LogP contribution in [-0.4, -0.2) is 56.8 Å². The fourth-order valence-electron chi connectivity index (χ4n) is 5.36. The first-order valence-electron chi connectivity index (χ1n) is 13.9. The zero-order valence-corrected chi connectivity index (χ0v) is 24.2. The Balaban J connectivity index is 1.50. The molecule has 1 N–H and O–H groups in total. The summed E-state index contributed by atoms with van der Waals surface area (Å²) in [6.45, 7) is -0.561. The van der Waals surface area contributed by atoms with E-state index in [0.29, 0.717) is 17.1 Å². The minimum atomic E-state index is -3.93. The fraction of sp³-hybridized carbons (Fsp3) is 0.355. The monoisotopic (exact) mass is 595 g/mol. The number of hydrogen-bond acceptors (Lipinski definition) is 6. The van der Waals surface area contributed by atoms with Gasteiger partial charge >= 0.3 is 0 Å². The van der Waals surface area contributed by atoms with Gasteiger partial charge in [0.1, 0.15) is 18.4 Å². The fourth-order valence-corrected chi connectivity index (χ4v) is 6.20. The predicted octanol–water partition coefficient (Wildman–Crippen LogP) is 4.02. The van der Waals surface area contributed by atoms with E-state index in [-0.39, 0.29) is 37.4 Å². The predicted molar refractivity (Wildman–Crippen MR) is 156 cm³/mol. The average molecular weight is 596 g/mol. The van der Waals surface area contributed by atoms with Gasteiger partial charge in [0.25, 0.3) is 0 Å². The normalized spacial score (nSPS) is 15.3. The number of nitrogens with one attached hydrogen (secondary N) is 1. The number of fused-ring (bicyclic) bond motifs is 1. The van der Waals surface area contributed by atoms with Crippen molar-refractivity contribution in [1.82, 2.24) is 10.2 Å². The Morgan fingerprint density at radius 2 is 1.64 bits per heavy atom. The molecule has 2 aliphatic rings. The van der Waals surface area contributed by atoms with Crippen molar-refractivity contribution in [1.29, 1.82) is 0 Å². The summed E-state index contributed by atoms with van der Waals surface area (Å²) in [5.41, 5.74) is 1.68. The summed E-state index contributed by atoms with van der Waals surface area (Å²) in [7, 11) is -3.93. The van der Waals surface area contributed by atoms with Crippen LogP contribution in [0.2, 0.25) is 0 Å². The number of benzene rings is 3. The quantitative estimate of drug-likeness (QED) is 0.359. The van der Waals surface area contributed by atoms with Crippen molar-refractivity contribution in [3.63, 3.8) is 0 Å². The molecule has 1 heterocycles. The van der Waals surface area contributed by atoms with E-state index in [4.69, 9.17) is 9.47 Å². The second-order valence-electron chi connectivity index (χ2n) is 10.7. The highest BCUT2D eigenvalue weighted by atomic mass is 32.2. The number of sulfonamides is 1. The van der Waals surface area contributed by atoms with Gasteiger partial charge in [-0.1, -0.05) is 55.3 Å². The zero-order chi connectivity index (χ0) is 29.7. The Morgan fingerprint density at radius 3 is 2.33 bits per heavy atom. The Labute approximate surface area is 245 Å². The van der Waals surface area contributed by atoms with Crippen LogP contribution in [0.25, 0.3) is 0 Å². The minimum absolute atomic E-state index is 0.0132. The summed E-state index contributed by atoms with van der Waals surface area (Å²) in [5, 5.41) is 3.12. The third-order valence-corrected chi connectivity index (χ3v) is 8.70. The molecule has 0 aromatic heterocycles. The molecule has 0 bridgehead atoms. The maximum atomic E-state index is 14.2. The van der Waals surface area contributed by atoms with E-state index in [1.54, 1.807) is 24.3 Å². The molecule has 3 aromatic rings. The summed E-state index contributed by atoms with van der Waals surface area (Å²) in [6, 6.07) is 18.7. The van der Waals surface area contributed by atoms with Crippen LogP contribution < -0.4 is 19.1 Å². The molecule has 0 radical (unpaired) electrons. The molecule has 1 aliphatic carbocycles. The van der Waals surface area contributed by atoms with Gasteiger partial charge in [-0.05, 0) is 48.2 Å². The van der Waals surface area contributed by atoms with Gasteiger partial charge in [-0.2, -0.15) is 0 Å². The van der Waals surface area contributed by atoms with Crippen molar-refractivity contribution in [3.05, 3.63) is 89.7 Å². The lowest BCUT2D eigenvalue weighted by atomic mass is 10.0. The molecule has 1 aliphatic heterocycles. The smallest absolute Gasteiger partial charge is 0.244 e. The van der Waals surface area contributed by atoms with E-state index >= 15 is 0 Å². The van der Waals surface area contributed by atoms with Crippen molar-refractivity contribution in [3.8, 4) is 11.5 Å². The molecule has 0 unspecified atom stereocenters. The minimum Gasteiger partial charge on any atom is -0.454 e. The van der Waals surface area contributed by atoms with Crippen molar-refractivity contribution >= 4 is 27.5 Å². The molecule has 0 spiro atoms. The third kappa shape index (κ3) is 7.20. The van der Waals surface area contributed by atoms with Gasteiger partial charge in [-0.25, -0.2) is 12.8 Å². The number of amides is 2. The van der Waals surface area contributed by atoms with Gasteiger partial charge in [0, 0.05) is 25.1 Å². The van der Waals surface area contributed by atoms with E-state index < -0.39 is 34.3 Å². The zero-order valence-electron chi connectivity index (χ0n) is 23.4. The summed E-state index contributed by atoms with van der Waals surface area (Å²) in [5.74, 6) is -0.472. The number of carbonyl (C=O) groups is 2. The van der Waals surface area contributed by atoms with Crippen molar-refractivity contribution in [2.45, 2.75) is 50.7 Å². The van der Waals surface area contributed by atoms with Gasteiger partial charge < -0.3 is 19.7 Å². The summed E-state index contributed by atoms with van der Waals surface area (Å²) < 4.78 is 51.4. The molecule has 1 fully saturated rings. The maximum Gasteiger partial charge on any atom is 0.244 e. The molecular weight excluding hydrogens is 561 g/mol. The lowest BCUT2D eigenvalue weighted by Crippen LogP contribution is -2.54. The topological polar surface area (TPSA) is 105 Å². The van der Waals surface area contributed by atoms with Crippen LogP contribution in [0.4, 0.5) is 10.1 Å². The summed E-state index contributed by atoms with van der Waals surface area (Å²) in [6.07, 6.45) is 5.00. The molecule has 1 atom stereocenters. The van der Waals surface area contributed by atoms with Crippen LogP contribution in [0.1, 0.15) is 36.8 Å². The standard InChI is InChI=1S/C31H34FN3O6S/c1-42(38,39)35(26-15-16-28-29(18-26)41-21-40-28)20-30(36)34(19-23-11-13-24(32)14-12-23)27(17-22-7-3-2-4-8-22)31(37)33-25-9-5-6-10-25/h2-4,7-8,11-16,18,25,27H,5-6,9-10,17,19-21H2,1H3,(H,33,37)/t27-/m1/s1. The Morgan fingerprint density at radius 1 is 0.952 bits per heavy atom. The Hall–Kier alpha value is -4.12. The number of halogens is 1. The van der Waals surface area contributed by atoms with Crippen LogP contribution in [0, 0.1) is 5.82 Å². The van der Waals surface area contributed by atoms with Crippen LogP contribution in [0.15, 0.2) is 72.8 Å². The molecule has 2 amide bonds. The SMILES string of the molecule is CS(=O)(=O)N(CC(=O)N(Cc1ccc(F)cc1)[C@H](Cc1ccccc1)C(=O)NC1CCCC1)c1ccc2c(c1)OCO2. The Bertz CT molecular complexity index is 1510. The third-order valence-electron chi connectivity index (χ3n) is 7.56. The molecule has 0 saturated heterocycles. The molecule has 1 saturated carbocycles. The van der Waals surface area contributed by atoms with Gasteiger partial charge in [0.05, 0.1) is 11.9 Å². The second-order valence-corrected chi connectivity index (χ2v) is 12.6. The first kappa shape index (κ1) is 29.4. The number of rotatable bonds is 11. The second kappa shape index (κ2) is 12.8. The van der Waals surface area contributed by atoms with Gasteiger partial charge in [0.2, 0.25) is 28.6 Å². The molecule has 42 heavy (non-hydrogen) atoms. The highest BCUT2D eigenvalue weighted by molar-refractivity contribution is 7.92. The number of carbonyl (C=O) groups excluding carboxylic acids is 2. The molecular formula is C31H34FN3O6S. The Kier molecular flexibility index (Phi) is 8.96. The summed E-state index contributed by atoms with van der Waals surface area (Å²) in [4.78, 5) is 29.4. The van der Waals surface area contributed by atoms with Crippen LogP contribution in [-0.2, 0) is 32.6 Å². The van der Waals surface area contributed by atoms with Gasteiger partial charge in [-0.3, -0.25) is 13.9 Å². The highest BCUT2D eigenvalue weighted by Crippen LogP contribution is 2.36. The first-order chi connectivity index (χ1) is 20.2. The van der Waals surface area contributed by atoms with Gasteiger partial charge in [0.15, 0.2) is 11.5 Å². The highest BCUT2D eigenvalue weighted by Gasteiger charge is 2.34. The van der Waals surface area contributed by atoms with E-state index in [1.807, 2.05) is 30.3 Å². The molecule has 11 heteroatoms. The average Bonchev–Trinajstić information content (AvgIpc) is 3.66. The van der Waals surface area contributed by atoms with Crippen LogP contribution in [0.3, 0.4) is 0 Å². The maximum absolute atomic E-state index is 14.2. The molecule has 3 aromatic carbocycles. The van der Waals surface area contributed by atoms with E-state index in [2.05, 4.69) is 5.32 Å². The molecule has 222 valence electrons. The van der Waals surface area contributed by atoms with Crippen molar-refractivity contribution in [2.24, 2.45) is 0 Å². The number of ether oxygens (including phenoxy) is 2. The van der Waals surface area contributed by atoms with Gasteiger partial charge in [-0.15, -0.1) is 0 Å². The number of anilines is 1. The number of nitrogens with zero attached hydrogens (tertiary/aromatic N) is 2. The van der Waals surface area contributed by atoms with E-state index in [0.717, 1.165) is 41.8 Å². The van der Waals surface area contributed by atoms with Crippen molar-refractivity contribution < 1.29 is 31.9 Å². The molecule has 9 nitrogen and oxygen atoms in total. The molecule has 5 rings (SSSR count).